The molecule has 2 N–H and O–H groups in total. The molecule has 0 aromatic heterocycles. The highest BCUT2D eigenvalue weighted by molar-refractivity contribution is 14.0. The molecule has 0 aliphatic heterocycles. The maximum Gasteiger partial charge on any atom is 0.416 e. The molecule has 0 heterocycles. The van der Waals surface area contributed by atoms with Crippen molar-refractivity contribution in [3.63, 3.8) is 0 Å². The van der Waals surface area contributed by atoms with Crippen LogP contribution in [-0.4, -0.2) is 24.9 Å². The van der Waals surface area contributed by atoms with E-state index < -0.39 is 41.4 Å². The number of benzene rings is 2. The largest absolute Gasteiger partial charge is 0.416 e. The second-order valence-electron chi connectivity index (χ2n) is 6.60. The lowest BCUT2D eigenvalue weighted by Crippen LogP contribution is -2.28. The van der Waals surface area contributed by atoms with Crippen molar-refractivity contribution in [2.24, 2.45) is 0 Å². The fourth-order valence-corrected chi connectivity index (χ4v) is 2.76. The maximum atomic E-state index is 13.1. The summed E-state index contributed by atoms with van der Waals surface area (Å²) in [6.07, 6.45) is -11.0. The molecule has 0 saturated heterocycles. The van der Waals surface area contributed by atoms with Gasteiger partial charge in [-0.3, -0.25) is 0 Å². The van der Waals surface area contributed by atoms with E-state index in [1.165, 1.54) is 31.2 Å². The molecular formula is C22H27F7INO2. The first-order valence-electron chi connectivity index (χ1n) is 9.92. The number of aliphatic hydroxyl groups excluding tert-OH is 1. The number of aliphatic hydroxyl groups is 1. The van der Waals surface area contributed by atoms with E-state index in [0.717, 1.165) is 0 Å². The molecule has 3 nitrogen and oxygen atoms in total. The van der Waals surface area contributed by atoms with E-state index in [1.807, 2.05) is 13.8 Å². The SMILES string of the molecule is CC.C[C@@H](OC[C@@H](NCCO)c1ccc(F)cc1)c1cc(C(F)(F)F)cc(C(F)(F)F)c1.I. The Bertz CT molecular complexity index is 795. The summed E-state index contributed by atoms with van der Waals surface area (Å²) < 4.78 is 96.9. The Morgan fingerprint density at radius 1 is 0.879 bits per heavy atom. The first-order chi connectivity index (χ1) is 14.9. The Morgan fingerprint density at radius 3 is 1.79 bits per heavy atom. The van der Waals surface area contributed by atoms with E-state index in [9.17, 15) is 30.7 Å². The van der Waals surface area contributed by atoms with Crippen LogP contribution in [0.25, 0.3) is 0 Å². The quantitative estimate of drug-likeness (QED) is 0.257. The van der Waals surface area contributed by atoms with Crippen LogP contribution in [0.15, 0.2) is 42.5 Å². The number of rotatable bonds is 8. The molecule has 0 aliphatic carbocycles. The monoisotopic (exact) mass is 597 g/mol. The molecule has 0 spiro atoms. The Morgan fingerprint density at radius 2 is 1.36 bits per heavy atom. The van der Waals surface area contributed by atoms with E-state index in [1.54, 1.807) is 0 Å². The molecule has 2 aromatic carbocycles. The van der Waals surface area contributed by atoms with Gasteiger partial charge in [0.15, 0.2) is 0 Å². The fraction of sp³-hybridized carbons (Fsp3) is 0.455. The topological polar surface area (TPSA) is 41.5 Å². The molecule has 0 saturated carbocycles. The first-order valence-corrected chi connectivity index (χ1v) is 9.92. The summed E-state index contributed by atoms with van der Waals surface area (Å²) in [5, 5.41) is 11.9. The molecule has 188 valence electrons. The summed E-state index contributed by atoms with van der Waals surface area (Å²) in [6, 6.07) is 6.06. The van der Waals surface area contributed by atoms with Gasteiger partial charge in [0.2, 0.25) is 0 Å². The average molecular weight is 597 g/mol. The lowest BCUT2D eigenvalue weighted by atomic mass is 10.0. The second kappa shape index (κ2) is 14.1. The molecule has 0 unspecified atom stereocenters. The van der Waals surface area contributed by atoms with Gasteiger partial charge in [0.05, 0.1) is 36.5 Å². The van der Waals surface area contributed by atoms with Crippen LogP contribution in [0.4, 0.5) is 30.7 Å². The number of hydrogen-bond donors (Lipinski definition) is 2. The highest BCUT2D eigenvalue weighted by Crippen LogP contribution is 2.38. The number of nitrogens with one attached hydrogen (secondary N) is 1. The van der Waals surface area contributed by atoms with Crippen LogP contribution in [-0.2, 0) is 17.1 Å². The van der Waals surface area contributed by atoms with E-state index in [4.69, 9.17) is 9.84 Å². The molecule has 0 fully saturated rings. The van der Waals surface area contributed by atoms with Crippen molar-refractivity contribution >= 4 is 24.0 Å². The van der Waals surface area contributed by atoms with Crippen LogP contribution < -0.4 is 5.32 Å². The summed E-state index contributed by atoms with van der Waals surface area (Å²) >= 11 is 0. The standard InChI is InChI=1S/C20H20F7NO2.C2H6.HI/c1-12(14-8-15(19(22,23)24)10-16(9-14)20(25,26)27)30-11-18(28-6-7-29)13-2-4-17(21)5-3-13;1-2;/h2-5,8-10,12,18,28-29H,6-7,11H2,1H3;1-2H3;1H/t12-,18-;;/m1../s1. The predicted molar refractivity (Wildman–Crippen MR) is 122 cm³/mol. The molecule has 0 amide bonds. The van der Waals surface area contributed by atoms with Crippen molar-refractivity contribution in [2.75, 3.05) is 19.8 Å². The summed E-state index contributed by atoms with van der Waals surface area (Å²) in [7, 11) is 0. The van der Waals surface area contributed by atoms with Crippen molar-refractivity contribution in [3.05, 3.63) is 70.5 Å². The van der Waals surface area contributed by atoms with Crippen LogP contribution in [0.1, 0.15) is 55.2 Å². The van der Waals surface area contributed by atoms with Crippen molar-refractivity contribution in [1.29, 1.82) is 0 Å². The van der Waals surface area contributed by atoms with E-state index in [0.29, 0.717) is 17.7 Å². The Labute approximate surface area is 205 Å². The van der Waals surface area contributed by atoms with Gasteiger partial charge < -0.3 is 15.2 Å². The molecular weight excluding hydrogens is 570 g/mol. The second-order valence-corrected chi connectivity index (χ2v) is 6.60. The fourth-order valence-electron chi connectivity index (χ4n) is 2.76. The van der Waals surface area contributed by atoms with Gasteiger partial charge in [-0.15, -0.1) is 24.0 Å². The van der Waals surface area contributed by atoms with Crippen molar-refractivity contribution in [3.8, 4) is 0 Å². The minimum absolute atomic E-state index is 0. The molecule has 0 bridgehead atoms. The summed E-state index contributed by atoms with van der Waals surface area (Å²) in [5.41, 5.74) is -2.54. The third kappa shape index (κ3) is 10.1. The molecule has 11 heteroatoms. The third-order valence-corrected chi connectivity index (χ3v) is 4.37. The van der Waals surface area contributed by atoms with Gasteiger partial charge in [-0.05, 0) is 48.4 Å². The first kappa shape index (κ1) is 31.6. The van der Waals surface area contributed by atoms with Gasteiger partial charge in [0, 0.05) is 6.54 Å². The van der Waals surface area contributed by atoms with Crippen LogP contribution >= 0.6 is 24.0 Å². The van der Waals surface area contributed by atoms with Gasteiger partial charge in [-0.25, -0.2) is 4.39 Å². The van der Waals surface area contributed by atoms with Gasteiger partial charge >= 0.3 is 12.4 Å². The van der Waals surface area contributed by atoms with Crippen LogP contribution in [0, 0.1) is 5.82 Å². The average Bonchev–Trinajstić information content (AvgIpc) is 2.74. The number of halogens is 8. The van der Waals surface area contributed by atoms with Gasteiger partial charge in [0.25, 0.3) is 0 Å². The number of alkyl halides is 6. The Hall–Kier alpha value is -1.44. The summed E-state index contributed by atoms with van der Waals surface area (Å²) in [5.74, 6) is -0.474. The minimum Gasteiger partial charge on any atom is -0.395 e. The summed E-state index contributed by atoms with van der Waals surface area (Å²) in [6.45, 7) is 5.14. The smallest absolute Gasteiger partial charge is 0.395 e. The zero-order valence-corrected chi connectivity index (χ0v) is 20.6. The van der Waals surface area contributed by atoms with Gasteiger partial charge in [-0.1, -0.05) is 26.0 Å². The molecule has 0 radical (unpaired) electrons. The van der Waals surface area contributed by atoms with Crippen molar-refractivity contribution < 1.29 is 40.6 Å². The van der Waals surface area contributed by atoms with Crippen LogP contribution in [0.5, 0.6) is 0 Å². The molecule has 2 aromatic rings. The minimum atomic E-state index is -4.95. The lowest BCUT2D eigenvalue weighted by molar-refractivity contribution is -0.143. The van der Waals surface area contributed by atoms with Crippen LogP contribution in [0.3, 0.4) is 0 Å². The normalized spacial score (nSPS) is 13.4. The van der Waals surface area contributed by atoms with E-state index in [-0.39, 0.29) is 55.4 Å². The van der Waals surface area contributed by atoms with E-state index in [2.05, 4.69) is 5.32 Å². The maximum absolute atomic E-state index is 13.1. The molecule has 2 atom stereocenters. The third-order valence-electron chi connectivity index (χ3n) is 4.37. The lowest BCUT2D eigenvalue weighted by Gasteiger charge is -2.23. The zero-order chi connectivity index (χ0) is 24.5. The van der Waals surface area contributed by atoms with Gasteiger partial charge in [-0.2, -0.15) is 26.3 Å². The Kier molecular flexibility index (Phi) is 13.5. The molecule has 0 aliphatic rings. The predicted octanol–water partition coefficient (Wildman–Crippen LogP) is 6.91. The highest BCUT2D eigenvalue weighted by atomic mass is 127. The number of hydrogen-bond acceptors (Lipinski definition) is 3. The van der Waals surface area contributed by atoms with Crippen molar-refractivity contribution in [1.82, 2.24) is 5.32 Å². The Balaban J connectivity index is 0.00000332. The summed E-state index contributed by atoms with van der Waals surface area (Å²) in [4.78, 5) is 0. The zero-order valence-electron chi connectivity index (χ0n) is 18.2. The molecule has 33 heavy (non-hydrogen) atoms. The van der Waals surface area contributed by atoms with Crippen molar-refractivity contribution in [2.45, 2.75) is 45.3 Å². The van der Waals surface area contributed by atoms with E-state index >= 15 is 0 Å². The van der Waals surface area contributed by atoms with Crippen LogP contribution in [0.2, 0.25) is 0 Å². The molecule has 2 rings (SSSR count). The van der Waals surface area contributed by atoms with Gasteiger partial charge in [0.1, 0.15) is 5.82 Å². The number of ether oxygens (including phenoxy) is 1. The highest BCUT2D eigenvalue weighted by Gasteiger charge is 2.37.